The molecule has 3 atom stereocenters. The Balaban J connectivity index is 1.68. The molecule has 0 spiro atoms. The fraction of sp³-hybridized carbons (Fsp3) is 0.800. The Morgan fingerprint density at radius 3 is 2.89 bits per heavy atom. The summed E-state index contributed by atoms with van der Waals surface area (Å²) >= 11 is 1.97. The minimum atomic E-state index is 0.798. The number of nitrogens with one attached hydrogen (secondary N) is 1. The Hall–Kier alpha value is -0.410. The Kier molecular flexibility index (Phi) is 3.71. The maximum Gasteiger partial charge on any atom is 0.0965 e. The number of nitrogens with zero attached hydrogens (tertiary/aromatic N) is 1. The van der Waals surface area contributed by atoms with E-state index < -0.39 is 0 Å². The van der Waals surface area contributed by atoms with Gasteiger partial charge in [-0.3, -0.25) is 0 Å². The number of rotatable bonds is 5. The van der Waals surface area contributed by atoms with Crippen LogP contribution in [-0.4, -0.2) is 11.5 Å². The SMILES string of the molecule is CCCNCc1sc(C2CC3CCC2C3)nc1C. The molecule has 3 heteroatoms. The molecule has 1 aromatic rings. The summed E-state index contributed by atoms with van der Waals surface area (Å²) in [7, 11) is 0. The van der Waals surface area contributed by atoms with Gasteiger partial charge in [-0.2, -0.15) is 0 Å². The van der Waals surface area contributed by atoms with Crippen LogP contribution in [0.15, 0.2) is 0 Å². The number of aromatic nitrogens is 1. The lowest BCUT2D eigenvalue weighted by Gasteiger charge is -2.18. The summed E-state index contributed by atoms with van der Waals surface area (Å²) in [5, 5.41) is 4.94. The van der Waals surface area contributed by atoms with Crippen molar-refractivity contribution in [3.8, 4) is 0 Å². The predicted octanol–water partition coefficient (Wildman–Crippen LogP) is 3.85. The van der Waals surface area contributed by atoms with Crippen molar-refractivity contribution in [3.05, 3.63) is 15.6 Å². The van der Waals surface area contributed by atoms with E-state index in [-0.39, 0.29) is 0 Å². The van der Waals surface area contributed by atoms with Crippen molar-refractivity contribution < 1.29 is 0 Å². The van der Waals surface area contributed by atoms with Crippen molar-refractivity contribution in [3.63, 3.8) is 0 Å². The summed E-state index contributed by atoms with van der Waals surface area (Å²) in [4.78, 5) is 6.33. The fourth-order valence-electron chi connectivity index (χ4n) is 3.70. The van der Waals surface area contributed by atoms with E-state index in [9.17, 15) is 0 Å². The van der Waals surface area contributed by atoms with E-state index in [2.05, 4.69) is 19.2 Å². The molecule has 0 aliphatic heterocycles. The summed E-state index contributed by atoms with van der Waals surface area (Å²) in [5.41, 5.74) is 1.27. The van der Waals surface area contributed by atoms with Gasteiger partial charge in [-0.25, -0.2) is 4.98 Å². The van der Waals surface area contributed by atoms with Gasteiger partial charge in [-0.1, -0.05) is 13.3 Å². The summed E-state index contributed by atoms with van der Waals surface area (Å²) in [6.07, 6.45) is 7.04. The number of aryl methyl sites for hydroxylation is 1. The molecule has 2 bridgehead atoms. The molecule has 1 heterocycles. The van der Waals surface area contributed by atoms with Gasteiger partial charge in [0.15, 0.2) is 0 Å². The average Bonchev–Trinajstić information content (AvgIpc) is 3.05. The van der Waals surface area contributed by atoms with E-state index in [1.54, 1.807) is 0 Å². The van der Waals surface area contributed by atoms with E-state index >= 15 is 0 Å². The smallest absolute Gasteiger partial charge is 0.0965 e. The van der Waals surface area contributed by atoms with Crippen molar-refractivity contribution in [2.24, 2.45) is 11.8 Å². The zero-order chi connectivity index (χ0) is 12.5. The van der Waals surface area contributed by atoms with Gasteiger partial charge < -0.3 is 5.32 Å². The van der Waals surface area contributed by atoms with Gasteiger partial charge in [-0.15, -0.1) is 11.3 Å². The molecular formula is C15H24N2S. The Bertz CT molecular complexity index is 413. The number of thiazole rings is 1. The molecule has 0 aromatic carbocycles. The van der Waals surface area contributed by atoms with Crippen LogP contribution in [0.5, 0.6) is 0 Å². The first-order valence-corrected chi connectivity index (χ1v) is 8.26. The third kappa shape index (κ3) is 2.35. The zero-order valence-electron chi connectivity index (χ0n) is 11.5. The fourth-order valence-corrected chi connectivity index (χ4v) is 4.94. The third-order valence-corrected chi connectivity index (χ3v) is 5.97. The normalized spacial score (nSPS) is 30.2. The van der Waals surface area contributed by atoms with Crippen LogP contribution in [0.2, 0.25) is 0 Å². The standard InChI is InChI=1S/C15H24N2S/c1-3-6-16-9-14-10(2)17-15(18-14)13-8-11-4-5-12(13)7-11/h11-13,16H,3-9H2,1-2H3. The highest BCUT2D eigenvalue weighted by Crippen LogP contribution is 2.53. The first-order valence-electron chi connectivity index (χ1n) is 7.44. The zero-order valence-corrected chi connectivity index (χ0v) is 12.4. The summed E-state index contributed by atoms with van der Waals surface area (Å²) in [6, 6.07) is 0. The molecule has 2 nitrogen and oxygen atoms in total. The monoisotopic (exact) mass is 264 g/mol. The van der Waals surface area contributed by atoms with Crippen molar-refractivity contribution in [1.29, 1.82) is 0 Å². The number of hydrogen-bond acceptors (Lipinski definition) is 3. The molecule has 2 saturated carbocycles. The first-order chi connectivity index (χ1) is 8.78. The Morgan fingerprint density at radius 2 is 2.22 bits per heavy atom. The lowest BCUT2D eigenvalue weighted by atomic mass is 9.89. The largest absolute Gasteiger partial charge is 0.312 e. The van der Waals surface area contributed by atoms with E-state index in [0.29, 0.717) is 0 Å². The molecule has 0 saturated heterocycles. The van der Waals surface area contributed by atoms with Gasteiger partial charge in [0.2, 0.25) is 0 Å². The van der Waals surface area contributed by atoms with Crippen LogP contribution in [0.1, 0.15) is 60.5 Å². The molecule has 18 heavy (non-hydrogen) atoms. The quantitative estimate of drug-likeness (QED) is 0.817. The van der Waals surface area contributed by atoms with Gasteiger partial charge in [0.25, 0.3) is 0 Å². The van der Waals surface area contributed by atoms with Crippen LogP contribution >= 0.6 is 11.3 Å². The first kappa shape index (κ1) is 12.6. The van der Waals surface area contributed by atoms with Crippen LogP contribution < -0.4 is 5.32 Å². The van der Waals surface area contributed by atoms with Gasteiger partial charge in [-0.05, 0) is 51.0 Å². The highest BCUT2D eigenvalue weighted by atomic mass is 32.1. The molecule has 3 rings (SSSR count). The second kappa shape index (κ2) is 5.30. The van der Waals surface area contributed by atoms with Crippen LogP contribution in [-0.2, 0) is 6.54 Å². The number of fused-ring (bicyclic) bond motifs is 2. The van der Waals surface area contributed by atoms with E-state index in [1.807, 2.05) is 11.3 Å². The van der Waals surface area contributed by atoms with Gasteiger partial charge in [0.05, 0.1) is 10.7 Å². The minimum absolute atomic E-state index is 0.798. The molecule has 2 fully saturated rings. The van der Waals surface area contributed by atoms with Crippen LogP contribution in [0, 0.1) is 18.8 Å². The van der Waals surface area contributed by atoms with Gasteiger partial charge in [0.1, 0.15) is 0 Å². The third-order valence-electron chi connectivity index (χ3n) is 4.68. The Labute approximate surface area is 114 Å². The van der Waals surface area contributed by atoms with Crippen molar-refractivity contribution in [2.45, 2.75) is 58.4 Å². The van der Waals surface area contributed by atoms with Crippen LogP contribution in [0.4, 0.5) is 0 Å². The molecule has 2 aliphatic carbocycles. The summed E-state index contributed by atoms with van der Waals surface area (Å²) < 4.78 is 0. The molecule has 0 radical (unpaired) electrons. The maximum absolute atomic E-state index is 4.87. The molecule has 3 unspecified atom stereocenters. The second-order valence-corrected chi connectivity index (χ2v) is 7.13. The maximum atomic E-state index is 4.87. The molecular weight excluding hydrogens is 240 g/mol. The lowest BCUT2D eigenvalue weighted by molar-refractivity contribution is 0.418. The highest BCUT2D eigenvalue weighted by Gasteiger charge is 2.41. The van der Waals surface area contributed by atoms with Crippen LogP contribution in [0.25, 0.3) is 0 Å². The van der Waals surface area contributed by atoms with E-state index in [0.717, 1.165) is 30.8 Å². The number of hydrogen-bond donors (Lipinski definition) is 1. The molecule has 2 aliphatic rings. The predicted molar refractivity (Wildman–Crippen MR) is 77.0 cm³/mol. The van der Waals surface area contributed by atoms with E-state index in [1.165, 1.54) is 47.7 Å². The van der Waals surface area contributed by atoms with E-state index in [4.69, 9.17) is 4.98 Å². The summed E-state index contributed by atoms with van der Waals surface area (Å²) in [6.45, 7) is 6.52. The topological polar surface area (TPSA) is 24.9 Å². The second-order valence-electron chi connectivity index (χ2n) is 6.02. The van der Waals surface area contributed by atoms with Crippen LogP contribution in [0.3, 0.4) is 0 Å². The van der Waals surface area contributed by atoms with Crippen molar-refractivity contribution in [1.82, 2.24) is 10.3 Å². The Morgan fingerprint density at radius 1 is 1.33 bits per heavy atom. The van der Waals surface area contributed by atoms with Gasteiger partial charge in [0, 0.05) is 17.3 Å². The summed E-state index contributed by atoms with van der Waals surface area (Å²) in [5.74, 6) is 2.77. The average molecular weight is 264 g/mol. The van der Waals surface area contributed by atoms with Crippen molar-refractivity contribution in [2.75, 3.05) is 6.54 Å². The molecule has 0 amide bonds. The molecule has 1 N–H and O–H groups in total. The lowest BCUT2D eigenvalue weighted by Crippen LogP contribution is -2.13. The molecule has 1 aromatic heterocycles. The minimum Gasteiger partial charge on any atom is -0.312 e. The van der Waals surface area contributed by atoms with Crippen molar-refractivity contribution >= 4 is 11.3 Å². The van der Waals surface area contributed by atoms with Gasteiger partial charge >= 0.3 is 0 Å². The highest BCUT2D eigenvalue weighted by molar-refractivity contribution is 7.11. The molecule has 100 valence electrons.